The molecule has 0 nitrogen and oxygen atoms in total. The molecule has 0 atom stereocenters. The molecule has 0 aromatic heterocycles. The second kappa shape index (κ2) is 3.62. The van der Waals surface area contributed by atoms with Crippen LogP contribution in [0.5, 0.6) is 0 Å². The number of halogens is 3. The summed E-state index contributed by atoms with van der Waals surface area (Å²) < 4.78 is 37.2. The normalized spacial score (nSPS) is 11.8. The molecule has 0 spiro atoms. The molecule has 0 saturated carbocycles. The Morgan fingerprint density at radius 3 is 2.31 bits per heavy atom. The smallest absolute Gasteiger partial charge is 0.166 e. The van der Waals surface area contributed by atoms with Crippen molar-refractivity contribution in [1.29, 1.82) is 0 Å². The fraction of sp³-hybridized carbons (Fsp3) is 0.333. The van der Waals surface area contributed by atoms with Crippen molar-refractivity contribution in [2.24, 2.45) is 0 Å². The Balaban J connectivity index is 3.24. The molecule has 1 aromatic rings. The number of benzene rings is 1. The molecule has 0 N–H and O–H groups in total. The van der Waals surface area contributed by atoms with Crippen LogP contribution in [0.2, 0.25) is 0 Å². The van der Waals surface area contributed by atoms with E-state index in [2.05, 4.69) is 0 Å². The lowest BCUT2D eigenvalue weighted by atomic mass is 10.1. The van der Waals surface area contributed by atoms with Crippen LogP contribution in [-0.4, -0.2) is 6.26 Å². The first-order valence-electron chi connectivity index (χ1n) is 3.67. The predicted molar refractivity (Wildman–Crippen MR) is 48.0 cm³/mol. The van der Waals surface area contributed by atoms with E-state index in [-0.39, 0.29) is 4.90 Å². The minimum atomic E-state index is -4.25. The van der Waals surface area contributed by atoms with Crippen molar-refractivity contribution >= 4 is 11.8 Å². The zero-order valence-corrected chi connectivity index (χ0v) is 8.09. The van der Waals surface area contributed by atoms with Gasteiger partial charge in [0.05, 0.1) is 5.56 Å². The Hall–Kier alpha value is -0.640. The summed E-state index contributed by atoms with van der Waals surface area (Å²) in [6, 6.07) is 4.36. The van der Waals surface area contributed by atoms with Crippen LogP contribution in [0, 0.1) is 6.92 Å². The van der Waals surface area contributed by atoms with Crippen molar-refractivity contribution in [3.8, 4) is 0 Å². The molecule has 4 heteroatoms. The Morgan fingerprint density at radius 1 is 1.23 bits per heavy atom. The third-order valence-corrected chi connectivity index (χ3v) is 2.46. The third-order valence-electron chi connectivity index (χ3n) is 1.66. The molecule has 0 heterocycles. The molecule has 0 unspecified atom stereocenters. The molecule has 0 saturated heterocycles. The maximum Gasteiger partial charge on any atom is 0.417 e. The van der Waals surface area contributed by atoms with Crippen molar-refractivity contribution in [2.45, 2.75) is 18.0 Å². The zero-order chi connectivity index (χ0) is 10.1. The van der Waals surface area contributed by atoms with E-state index in [1.165, 1.54) is 12.1 Å². The van der Waals surface area contributed by atoms with E-state index in [4.69, 9.17) is 0 Å². The first-order valence-corrected chi connectivity index (χ1v) is 4.89. The Labute approximate surface area is 79.1 Å². The first kappa shape index (κ1) is 10.4. The highest BCUT2D eigenvalue weighted by Gasteiger charge is 2.33. The maximum atomic E-state index is 12.4. The van der Waals surface area contributed by atoms with Crippen LogP contribution >= 0.6 is 11.8 Å². The second-order valence-corrected chi connectivity index (χ2v) is 3.55. The highest BCUT2D eigenvalue weighted by atomic mass is 32.2. The van der Waals surface area contributed by atoms with Crippen LogP contribution in [0.3, 0.4) is 0 Å². The number of alkyl halides is 3. The summed E-state index contributed by atoms with van der Waals surface area (Å²) in [7, 11) is 0. The van der Waals surface area contributed by atoms with Gasteiger partial charge in [-0.2, -0.15) is 13.2 Å². The summed E-state index contributed by atoms with van der Waals surface area (Å²) in [6.07, 6.45) is -2.61. The number of hydrogen-bond acceptors (Lipinski definition) is 1. The third kappa shape index (κ3) is 2.40. The lowest BCUT2D eigenvalue weighted by molar-refractivity contribution is -0.139. The van der Waals surface area contributed by atoms with E-state index in [0.717, 1.165) is 11.8 Å². The summed E-state index contributed by atoms with van der Waals surface area (Å²) in [6.45, 7) is 1.65. The summed E-state index contributed by atoms with van der Waals surface area (Å²) in [5.74, 6) is 0. The van der Waals surface area contributed by atoms with Gasteiger partial charge in [0.2, 0.25) is 0 Å². The van der Waals surface area contributed by atoms with Gasteiger partial charge in [-0.25, -0.2) is 0 Å². The van der Waals surface area contributed by atoms with Crippen molar-refractivity contribution in [3.63, 3.8) is 0 Å². The fourth-order valence-corrected chi connectivity index (χ4v) is 1.64. The fourth-order valence-electron chi connectivity index (χ4n) is 1.04. The van der Waals surface area contributed by atoms with Crippen LogP contribution in [-0.2, 0) is 6.18 Å². The van der Waals surface area contributed by atoms with Gasteiger partial charge in [-0.1, -0.05) is 11.6 Å². The minimum absolute atomic E-state index is 0.276. The topological polar surface area (TPSA) is 0 Å². The molecule has 0 fully saturated rings. The molecule has 0 aliphatic heterocycles. The average molecular weight is 206 g/mol. The predicted octanol–water partition coefficient (Wildman–Crippen LogP) is 3.74. The van der Waals surface area contributed by atoms with E-state index in [9.17, 15) is 13.2 Å². The first-order chi connectivity index (χ1) is 5.95. The zero-order valence-electron chi connectivity index (χ0n) is 7.27. The second-order valence-electron chi connectivity index (χ2n) is 2.70. The molecule has 0 radical (unpaired) electrons. The average Bonchev–Trinajstić information content (AvgIpc) is 2.03. The molecule has 0 aliphatic carbocycles. The molecule has 72 valence electrons. The molecular formula is C9H9F3S. The standard InChI is InChI=1S/C9H9F3S/c1-6-3-4-8(13-2)7(5-6)9(10,11)12/h3-5H,1-2H3. The summed E-state index contributed by atoms with van der Waals surface area (Å²) in [5.41, 5.74) is 0.0881. The van der Waals surface area contributed by atoms with Crippen LogP contribution in [0.4, 0.5) is 13.2 Å². The van der Waals surface area contributed by atoms with Gasteiger partial charge in [0.1, 0.15) is 0 Å². The van der Waals surface area contributed by atoms with Crippen LogP contribution < -0.4 is 0 Å². The summed E-state index contributed by atoms with van der Waals surface area (Å²) >= 11 is 1.11. The minimum Gasteiger partial charge on any atom is -0.166 e. The van der Waals surface area contributed by atoms with E-state index in [1.54, 1.807) is 19.2 Å². The van der Waals surface area contributed by atoms with Crippen LogP contribution in [0.25, 0.3) is 0 Å². The SMILES string of the molecule is CSc1ccc(C)cc1C(F)(F)F. The molecule has 13 heavy (non-hydrogen) atoms. The van der Waals surface area contributed by atoms with Crippen molar-refractivity contribution < 1.29 is 13.2 Å². The molecule has 0 aliphatic rings. The van der Waals surface area contributed by atoms with Gasteiger partial charge in [0.25, 0.3) is 0 Å². The number of rotatable bonds is 1. The molecule has 0 bridgehead atoms. The summed E-state index contributed by atoms with van der Waals surface area (Å²) in [4.78, 5) is 0.276. The van der Waals surface area contributed by atoms with Crippen molar-refractivity contribution in [2.75, 3.05) is 6.26 Å². The Kier molecular flexibility index (Phi) is 2.91. The number of hydrogen-bond donors (Lipinski definition) is 0. The lowest BCUT2D eigenvalue weighted by Gasteiger charge is -2.11. The number of aryl methyl sites for hydroxylation is 1. The van der Waals surface area contributed by atoms with E-state index in [0.29, 0.717) is 5.56 Å². The van der Waals surface area contributed by atoms with E-state index in [1.807, 2.05) is 0 Å². The monoisotopic (exact) mass is 206 g/mol. The lowest BCUT2D eigenvalue weighted by Crippen LogP contribution is -2.06. The highest BCUT2D eigenvalue weighted by molar-refractivity contribution is 7.98. The molecule has 1 rings (SSSR count). The van der Waals surface area contributed by atoms with Crippen molar-refractivity contribution in [3.05, 3.63) is 29.3 Å². The quantitative estimate of drug-likeness (QED) is 0.631. The van der Waals surface area contributed by atoms with Gasteiger partial charge in [-0.3, -0.25) is 0 Å². The number of thioether (sulfide) groups is 1. The molecule has 0 amide bonds. The van der Waals surface area contributed by atoms with E-state index < -0.39 is 11.7 Å². The van der Waals surface area contributed by atoms with Gasteiger partial charge in [0.15, 0.2) is 0 Å². The summed E-state index contributed by atoms with van der Waals surface area (Å²) in [5, 5.41) is 0. The highest BCUT2D eigenvalue weighted by Crippen LogP contribution is 2.36. The van der Waals surface area contributed by atoms with Crippen molar-refractivity contribution in [1.82, 2.24) is 0 Å². The molecule has 1 aromatic carbocycles. The van der Waals surface area contributed by atoms with Crippen LogP contribution in [0.15, 0.2) is 23.1 Å². The largest absolute Gasteiger partial charge is 0.417 e. The van der Waals surface area contributed by atoms with Crippen LogP contribution in [0.1, 0.15) is 11.1 Å². The van der Waals surface area contributed by atoms with Gasteiger partial charge in [0, 0.05) is 4.90 Å². The maximum absolute atomic E-state index is 12.4. The Bertz CT molecular complexity index is 304. The van der Waals surface area contributed by atoms with Gasteiger partial charge in [-0.05, 0) is 25.3 Å². The van der Waals surface area contributed by atoms with Gasteiger partial charge in [-0.15, -0.1) is 11.8 Å². The van der Waals surface area contributed by atoms with E-state index >= 15 is 0 Å². The van der Waals surface area contributed by atoms with Gasteiger partial charge >= 0.3 is 6.18 Å². The van der Waals surface area contributed by atoms with Gasteiger partial charge < -0.3 is 0 Å². The Morgan fingerprint density at radius 2 is 1.85 bits per heavy atom. The molecular weight excluding hydrogens is 197 g/mol.